The van der Waals surface area contributed by atoms with Gasteiger partial charge in [-0.1, -0.05) is 140 Å². The normalized spacial score (nSPS) is 11.5. The van der Waals surface area contributed by atoms with Gasteiger partial charge < -0.3 is 9.15 Å². The Balaban J connectivity index is 1.37. The van der Waals surface area contributed by atoms with Crippen molar-refractivity contribution in [2.24, 2.45) is 0 Å². The summed E-state index contributed by atoms with van der Waals surface area (Å²) in [5.74, 6) is -0.255. The van der Waals surface area contributed by atoms with Gasteiger partial charge in [-0.2, -0.15) is 5.10 Å². The van der Waals surface area contributed by atoms with Crippen molar-refractivity contribution in [1.29, 1.82) is 0 Å². The van der Waals surface area contributed by atoms with Gasteiger partial charge >= 0.3 is 6.09 Å². The molecule has 238 valence electrons. The fraction of sp³-hybridized carbons (Fsp3) is 0.0476. The van der Waals surface area contributed by atoms with Crippen molar-refractivity contribution in [2.45, 2.75) is 12.1 Å². The fourth-order valence-corrected chi connectivity index (χ4v) is 6.57. The van der Waals surface area contributed by atoms with Crippen LogP contribution in [0.4, 0.5) is 14.9 Å². The van der Waals surface area contributed by atoms with E-state index in [2.05, 4.69) is 41.7 Å². The summed E-state index contributed by atoms with van der Waals surface area (Å²) in [4.78, 5) is 12.9. The highest BCUT2D eigenvalue weighted by Crippen LogP contribution is 2.45. The van der Waals surface area contributed by atoms with Crippen molar-refractivity contribution in [2.75, 3.05) is 5.32 Å². The van der Waals surface area contributed by atoms with Crippen LogP contribution in [0.2, 0.25) is 0 Å². The predicted octanol–water partition coefficient (Wildman–Crippen LogP) is 10.2. The molecule has 1 N–H and O–H groups in total. The van der Waals surface area contributed by atoms with E-state index in [0.717, 1.165) is 27.6 Å². The van der Waals surface area contributed by atoms with Crippen molar-refractivity contribution < 1.29 is 18.3 Å². The molecule has 0 radical (unpaired) electrons. The Morgan fingerprint density at radius 3 is 1.86 bits per heavy atom. The molecular weight excluding hydrogens is 613 g/mol. The Bertz CT molecular complexity index is 2260. The number of aromatic nitrogens is 2. The molecule has 49 heavy (non-hydrogen) atoms. The third-order valence-electron chi connectivity index (χ3n) is 8.79. The lowest BCUT2D eigenvalue weighted by Gasteiger charge is -2.37. The molecule has 0 atom stereocenters. The lowest BCUT2D eigenvalue weighted by molar-refractivity contribution is 0.155. The molecule has 0 fully saturated rings. The molecule has 0 saturated heterocycles. The summed E-state index contributed by atoms with van der Waals surface area (Å²) in [5.41, 5.74) is 4.01. The van der Waals surface area contributed by atoms with Crippen LogP contribution in [0.5, 0.6) is 0 Å². The van der Waals surface area contributed by atoms with Crippen LogP contribution in [0.25, 0.3) is 33.3 Å². The zero-order valence-corrected chi connectivity index (χ0v) is 26.3. The highest BCUT2D eigenvalue weighted by molar-refractivity contribution is 5.99. The number of carbonyl (C=O) groups excluding carboxylic acids is 1. The van der Waals surface area contributed by atoms with Crippen molar-refractivity contribution in [3.05, 3.63) is 192 Å². The maximum atomic E-state index is 17.0. The first-order chi connectivity index (χ1) is 24.1. The number of fused-ring (bicyclic) bond motifs is 2. The third-order valence-corrected chi connectivity index (χ3v) is 8.79. The van der Waals surface area contributed by atoms with E-state index in [1.807, 2.05) is 120 Å². The molecule has 6 aromatic carbocycles. The van der Waals surface area contributed by atoms with Crippen LogP contribution in [0.1, 0.15) is 22.3 Å². The minimum Gasteiger partial charge on any atom is -0.454 e. The molecule has 0 aliphatic heterocycles. The maximum absolute atomic E-state index is 17.0. The highest BCUT2D eigenvalue weighted by atomic mass is 19.1. The van der Waals surface area contributed by atoms with Crippen molar-refractivity contribution >= 4 is 33.7 Å². The molecule has 2 aromatic heterocycles. The second-order valence-electron chi connectivity index (χ2n) is 11.7. The predicted molar refractivity (Wildman–Crippen MR) is 190 cm³/mol. The minimum absolute atomic E-state index is 0.0350. The SMILES string of the molecule is O=C(Nc1ccc2c(c(-c3cc4ccccc4o3)nn2C(c2ccccc2)(c2ccccc2)c2ccccc2)c1F)OCc1ccccc1. The van der Waals surface area contributed by atoms with Gasteiger partial charge in [-0.15, -0.1) is 0 Å². The van der Waals surface area contributed by atoms with Crippen LogP contribution in [0.3, 0.4) is 0 Å². The minimum atomic E-state index is -1.03. The van der Waals surface area contributed by atoms with Gasteiger partial charge in [-0.3, -0.25) is 5.32 Å². The number of amides is 1. The summed E-state index contributed by atoms with van der Waals surface area (Å²) in [6, 6.07) is 52.4. The number of hydrogen-bond donors (Lipinski definition) is 1. The van der Waals surface area contributed by atoms with E-state index in [9.17, 15) is 4.79 Å². The zero-order chi connectivity index (χ0) is 33.2. The van der Waals surface area contributed by atoms with Crippen LogP contribution < -0.4 is 5.32 Å². The molecule has 0 spiro atoms. The van der Waals surface area contributed by atoms with Gasteiger partial charge in [0.25, 0.3) is 0 Å². The zero-order valence-electron chi connectivity index (χ0n) is 26.3. The van der Waals surface area contributed by atoms with E-state index in [-0.39, 0.29) is 17.7 Å². The molecule has 0 aliphatic carbocycles. The van der Waals surface area contributed by atoms with Gasteiger partial charge in [0, 0.05) is 5.39 Å². The van der Waals surface area contributed by atoms with E-state index in [1.54, 1.807) is 12.1 Å². The maximum Gasteiger partial charge on any atom is 0.412 e. The Labute approximate surface area is 282 Å². The number of halogens is 1. The lowest BCUT2D eigenvalue weighted by atomic mass is 9.77. The number of nitrogens with zero attached hydrogens (tertiary/aromatic N) is 2. The standard InChI is InChI=1S/C42H30FN3O3/c43-39-34(44-41(47)48-28-29-15-5-1-6-16-29)25-26-35-38(39)40(37-27-30-17-13-14-24-36(30)49-37)45-46(35)42(31-18-7-2-8-19-31,32-20-9-3-10-21-32)33-22-11-4-12-23-33/h1-27H,28H2,(H,44,47). The second kappa shape index (κ2) is 12.6. The number of para-hydroxylation sites is 1. The fourth-order valence-electron chi connectivity index (χ4n) is 6.57. The first-order valence-corrected chi connectivity index (χ1v) is 16.0. The quantitative estimate of drug-likeness (QED) is 0.167. The van der Waals surface area contributed by atoms with Crippen LogP contribution in [-0.2, 0) is 16.9 Å². The molecule has 2 heterocycles. The number of rotatable bonds is 8. The molecule has 7 heteroatoms. The molecular formula is C42H30FN3O3. The number of ether oxygens (including phenoxy) is 1. The van der Waals surface area contributed by atoms with E-state index in [1.165, 1.54) is 0 Å². The smallest absolute Gasteiger partial charge is 0.412 e. The van der Waals surface area contributed by atoms with Gasteiger partial charge in [0.1, 0.15) is 23.4 Å². The number of anilines is 1. The van der Waals surface area contributed by atoms with Crippen molar-refractivity contribution in [3.8, 4) is 11.5 Å². The largest absolute Gasteiger partial charge is 0.454 e. The van der Waals surface area contributed by atoms with Gasteiger partial charge in [0.05, 0.1) is 16.6 Å². The highest BCUT2D eigenvalue weighted by Gasteiger charge is 2.41. The monoisotopic (exact) mass is 643 g/mol. The van der Waals surface area contributed by atoms with Crippen molar-refractivity contribution in [1.82, 2.24) is 9.78 Å². The Hall–Kier alpha value is -6.47. The summed E-state index contributed by atoms with van der Waals surface area (Å²) in [7, 11) is 0. The Morgan fingerprint density at radius 2 is 1.27 bits per heavy atom. The molecule has 0 saturated carbocycles. The first-order valence-electron chi connectivity index (χ1n) is 16.0. The molecule has 1 amide bonds. The van der Waals surface area contributed by atoms with E-state index >= 15 is 4.39 Å². The molecule has 0 aliphatic rings. The molecule has 0 unspecified atom stereocenters. The van der Waals surface area contributed by atoms with E-state index in [0.29, 0.717) is 22.6 Å². The van der Waals surface area contributed by atoms with Crippen LogP contribution in [0.15, 0.2) is 168 Å². The molecule has 0 bridgehead atoms. The van der Waals surface area contributed by atoms with Gasteiger partial charge in [-0.25, -0.2) is 13.9 Å². The summed E-state index contributed by atoms with van der Waals surface area (Å²) in [6.45, 7) is 0.0481. The topological polar surface area (TPSA) is 69.3 Å². The van der Waals surface area contributed by atoms with Crippen molar-refractivity contribution in [3.63, 3.8) is 0 Å². The summed E-state index contributed by atoms with van der Waals surface area (Å²) in [5, 5.41) is 8.93. The van der Waals surface area contributed by atoms with E-state index < -0.39 is 17.4 Å². The molecule has 8 aromatic rings. The number of hydrogen-bond acceptors (Lipinski definition) is 4. The third kappa shape index (κ3) is 5.31. The van der Waals surface area contributed by atoms with Gasteiger partial charge in [-0.05, 0) is 46.5 Å². The average Bonchev–Trinajstić information content (AvgIpc) is 3.77. The lowest BCUT2D eigenvalue weighted by Crippen LogP contribution is -2.38. The van der Waals surface area contributed by atoms with Gasteiger partial charge in [0.2, 0.25) is 0 Å². The number of furan rings is 1. The number of carbonyl (C=O) groups is 1. The summed E-state index contributed by atoms with van der Waals surface area (Å²) in [6.07, 6.45) is -0.771. The number of nitrogens with one attached hydrogen (secondary N) is 1. The Morgan fingerprint density at radius 1 is 0.714 bits per heavy atom. The average molecular weight is 644 g/mol. The summed E-state index contributed by atoms with van der Waals surface area (Å²) >= 11 is 0. The van der Waals surface area contributed by atoms with E-state index in [4.69, 9.17) is 14.3 Å². The first kappa shape index (κ1) is 29.9. The summed E-state index contributed by atoms with van der Waals surface area (Å²) < 4.78 is 30.7. The molecule has 6 nitrogen and oxygen atoms in total. The second-order valence-corrected chi connectivity index (χ2v) is 11.7. The van der Waals surface area contributed by atoms with Crippen LogP contribution >= 0.6 is 0 Å². The molecule has 8 rings (SSSR count). The van der Waals surface area contributed by atoms with Crippen LogP contribution in [0, 0.1) is 5.82 Å². The van der Waals surface area contributed by atoms with Gasteiger partial charge in [0.15, 0.2) is 11.6 Å². The van der Waals surface area contributed by atoms with Crippen LogP contribution in [-0.4, -0.2) is 15.9 Å². The Kier molecular flexibility index (Phi) is 7.70. The number of benzene rings is 6.